The Morgan fingerprint density at radius 1 is 1.13 bits per heavy atom. The van der Waals surface area contributed by atoms with Gasteiger partial charge in [0, 0.05) is 23.2 Å². The zero-order valence-electron chi connectivity index (χ0n) is 16.2. The Balaban J connectivity index is 1.50. The quantitative estimate of drug-likeness (QED) is 0.597. The van der Waals surface area contributed by atoms with Crippen LogP contribution in [0.3, 0.4) is 0 Å². The fourth-order valence-corrected chi connectivity index (χ4v) is 2.70. The van der Waals surface area contributed by atoms with Crippen molar-refractivity contribution in [3.05, 3.63) is 54.1 Å². The van der Waals surface area contributed by atoms with E-state index in [4.69, 9.17) is 4.74 Å². The standard InChI is InChI=1S/C20H20F3N5O2/c1-14-16(9-5-10-17(14)30-13-20(21,22)23)24-18(29)11-6-12-28-26-19(25-27-28)15-7-3-2-4-8-15/h2-5,7-10H,6,11-13H2,1H3,(H,24,29). The molecule has 3 aromatic rings. The van der Waals surface area contributed by atoms with Crippen molar-refractivity contribution < 1.29 is 22.7 Å². The number of hydrogen-bond acceptors (Lipinski definition) is 5. The number of amides is 1. The summed E-state index contributed by atoms with van der Waals surface area (Å²) in [6, 6.07) is 14.0. The van der Waals surface area contributed by atoms with Crippen molar-refractivity contribution in [3.8, 4) is 17.1 Å². The first-order valence-electron chi connectivity index (χ1n) is 9.24. The average molecular weight is 419 g/mol. The molecule has 0 spiro atoms. The number of halogens is 3. The molecule has 0 saturated carbocycles. The summed E-state index contributed by atoms with van der Waals surface area (Å²) in [4.78, 5) is 13.6. The number of ether oxygens (including phenoxy) is 1. The lowest BCUT2D eigenvalue weighted by atomic mass is 10.1. The first kappa shape index (κ1) is 21.3. The average Bonchev–Trinajstić information content (AvgIpc) is 3.18. The predicted octanol–water partition coefficient (Wildman–Crippen LogP) is 4.01. The Morgan fingerprint density at radius 2 is 1.90 bits per heavy atom. The van der Waals surface area contributed by atoms with Gasteiger partial charge in [0.1, 0.15) is 5.75 Å². The first-order chi connectivity index (χ1) is 14.3. The highest BCUT2D eigenvalue weighted by Gasteiger charge is 2.28. The molecule has 1 heterocycles. The summed E-state index contributed by atoms with van der Waals surface area (Å²) in [6.07, 6.45) is -3.77. The molecule has 0 fully saturated rings. The summed E-state index contributed by atoms with van der Waals surface area (Å²) in [5.74, 6) is 0.311. The van der Waals surface area contributed by atoms with Gasteiger partial charge in [-0.05, 0) is 30.7 Å². The van der Waals surface area contributed by atoms with Gasteiger partial charge in [-0.2, -0.15) is 18.0 Å². The number of nitrogens with one attached hydrogen (secondary N) is 1. The van der Waals surface area contributed by atoms with Gasteiger partial charge < -0.3 is 10.1 Å². The van der Waals surface area contributed by atoms with Crippen LogP contribution in [0.15, 0.2) is 48.5 Å². The molecule has 0 atom stereocenters. The van der Waals surface area contributed by atoms with Crippen molar-refractivity contribution in [1.29, 1.82) is 0 Å². The molecule has 1 N–H and O–H groups in total. The van der Waals surface area contributed by atoms with Gasteiger partial charge in [0.25, 0.3) is 0 Å². The van der Waals surface area contributed by atoms with Crippen LogP contribution >= 0.6 is 0 Å². The molecule has 1 aromatic heterocycles. The summed E-state index contributed by atoms with van der Waals surface area (Å²) in [5.41, 5.74) is 1.69. The third-order valence-corrected chi connectivity index (χ3v) is 4.20. The number of tetrazole rings is 1. The highest BCUT2D eigenvalue weighted by Crippen LogP contribution is 2.27. The topological polar surface area (TPSA) is 81.9 Å². The van der Waals surface area contributed by atoms with E-state index in [9.17, 15) is 18.0 Å². The highest BCUT2D eigenvalue weighted by atomic mass is 19.4. The monoisotopic (exact) mass is 419 g/mol. The van der Waals surface area contributed by atoms with Crippen LogP contribution in [0, 0.1) is 6.92 Å². The molecule has 7 nitrogen and oxygen atoms in total. The molecule has 0 bridgehead atoms. The molecule has 158 valence electrons. The third-order valence-electron chi connectivity index (χ3n) is 4.20. The van der Waals surface area contributed by atoms with Gasteiger partial charge in [-0.1, -0.05) is 36.4 Å². The molecule has 30 heavy (non-hydrogen) atoms. The van der Waals surface area contributed by atoms with Crippen molar-refractivity contribution >= 4 is 11.6 Å². The Hall–Kier alpha value is -3.43. The second-order valence-electron chi connectivity index (χ2n) is 6.56. The Morgan fingerprint density at radius 3 is 2.63 bits per heavy atom. The predicted molar refractivity (Wildman–Crippen MR) is 104 cm³/mol. The smallest absolute Gasteiger partial charge is 0.422 e. The van der Waals surface area contributed by atoms with Gasteiger partial charge in [-0.15, -0.1) is 10.2 Å². The third kappa shape index (κ3) is 6.03. The van der Waals surface area contributed by atoms with Gasteiger partial charge in [0.2, 0.25) is 11.7 Å². The van der Waals surface area contributed by atoms with Gasteiger partial charge >= 0.3 is 6.18 Å². The number of benzene rings is 2. The zero-order valence-corrected chi connectivity index (χ0v) is 16.2. The number of anilines is 1. The van der Waals surface area contributed by atoms with Crippen LogP contribution in [-0.2, 0) is 11.3 Å². The van der Waals surface area contributed by atoms with Gasteiger partial charge in [-0.25, -0.2) is 0 Å². The maximum absolute atomic E-state index is 12.3. The molecule has 0 saturated heterocycles. The summed E-state index contributed by atoms with van der Waals surface area (Å²) in [5, 5.41) is 15.0. The molecule has 1 amide bonds. The van der Waals surface area contributed by atoms with Crippen molar-refractivity contribution in [2.45, 2.75) is 32.5 Å². The molecule has 0 unspecified atom stereocenters. The summed E-state index contributed by atoms with van der Waals surface area (Å²) in [7, 11) is 0. The molecule has 2 aromatic carbocycles. The number of rotatable bonds is 8. The van der Waals surface area contributed by atoms with Gasteiger partial charge in [0.05, 0.1) is 6.54 Å². The van der Waals surface area contributed by atoms with E-state index in [0.717, 1.165) is 5.56 Å². The second kappa shape index (κ2) is 9.38. The van der Waals surface area contributed by atoms with Crippen LogP contribution in [0.2, 0.25) is 0 Å². The number of carbonyl (C=O) groups is 1. The van der Waals surface area contributed by atoms with Crippen molar-refractivity contribution in [2.24, 2.45) is 0 Å². The molecule has 0 aliphatic heterocycles. The molecule has 3 rings (SSSR count). The van der Waals surface area contributed by atoms with Crippen LogP contribution in [-0.4, -0.2) is 38.9 Å². The van der Waals surface area contributed by atoms with Crippen molar-refractivity contribution in [1.82, 2.24) is 20.2 Å². The molecule has 0 aliphatic rings. The molecule has 10 heteroatoms. The summed E-state index contributed by atoms with van der Waals surface area (Å²) >= 11 is 0. The van der Waals surface area contributed by atoms with E-state index in [-0.39, 0.29) is 18.1 Å². The SMILES string of the molecule is Cc1c(NC(=O)CCCn2nnc(-c3ccccc3)n2)cccc1OCC(F)(F)F. The fourth-order valence-electron chi connectivity index (χ4n) is 2.70. The van der Waals surface area contributed by atoms with E-state index in [0.29, 0.717) is 30.0 Å². The van der Waals surface area contributed by atoms with Crippen molar-refractivity contribution in [2.75, 3.05) is 11.9 Å². The number of alkyl halides is 3. The second-order valence-corrected chi connectivity index (χ2v) is 6.56. The highest BCUT2D eigenvalue weighted by molar-refractivity contribution is 5.91. The Bertz CT molecular complexity index is 990. The minimum Gasteiger partial charge on any atom is -0.484 e. The van der Waals surface area contributed by atoms with Crippen LogP contribution < -0.4 is 10.1 Å². The Labute approximate surface area is 170 Å². The molecular formula is C20H20F3N5O2. The minimum absolute atomic E-state index is 0.0744. The van der Waals surface area contributed by atoms with Crippen LogP contribution in [0.4, 0.5) is 18.9 Å². The fraction of sp³-hybridized carbons (Fsp3) is 0.300. The van der Waals surface area contributed by atoms with Gasteiger partial charge in [-0.3, -0.25) is 4.79 Å². The number of nitrogens with zero attached hydrogens (tertiary/aromatic N) is 4. The Kier molecular flexibility index (Phi) is 6.65. The van der Waals surface area contributed by atoms with E-state index in [2.05, 4.69) is 20.7 Å². The number of carbonyl (C=O) groups excluding carboxylic acids is 1. The van der Waals surface area contributed by atoms with Crippen molar-refractivity contribution in [3.63, 3.8) is 0 Å². The number of aromatic nitrogens is 4. The molecule has 0 aliphatic carbocycles. The minimum atomic E-state index is -4.43. The van der Waals surface area contributed by atoms with Crippen LogP contribution in [0.25, 0.3) is 11.4 Å². The maximum atomic E-state index is 12.3. The lowest BCUT2D eigenvalue weighted by Crippen LogP contribution is -2.20. The van der Waals surface area contributed by atoms with E-state index in [1.807, 2.05) is 30.3 Å². The lowest BCUT2D eigenvalue weighted by molar-refractivity contribution is -0.153. The first-order valence-corrected chi connectivity index (χ1v) is 9.24. The van der Waals surface area contributed by atoms with E-state index in [1.54, 1.807) is 13.0 Å². The van der Waals surface area contributed by atoms with E-state index < -0.39 is 12.8 Å². The zero-order chi connectivity index (χ0) is 21.6. The normalized spacial score (nSPS) is 11.3. The van der Waals surface area contributed by atoms with E-state index >= 15 is 0 Å². The van der Waals surface area contributed by atoms with Crippen LogP contribution in [0.5, 0.6) is 5.75 Å². The van der Waals surface area contributed by atoms with Crippen LogP contribution in [0.1, 0.15) is 18.4 Å². The number of hydrogen-bond donors (Lipinski definition) is 1. The largest absolute Gasteiger partial charge is 0.484 e. The van der Waals surface area contributed by atoms with Gasteiger partial charge in [0.15, 0.2) is 6.61 Å². The maximum Gasteiger partial charge on any atom is 0.422 e. The summed E-state index contributed by atoms with van der Waals surface area (Å²) < 4.78 is 41.8. The lowest BCUT2D eigenvalue weighted by Gasteiger charge is -2.14. The molecule has 0 radical (unpaired) electrons. The number of aryl methyl sites for hydroxylation is 1. The summed E-state index contributed by atoms with van der Waals surface area (Å²) in [6.45, 7) is 0.605. The van der Waals surface area contributed by atoms with E-state index in [1.165, 1.54) is 16.9 Å². The molecular weight excluding hydrogens is 399 g/mol.